The first-order valence-corrected chi connectivity index (χ1v) is 8.05. The molecule has 0 radical (unpaired) electrons. The van der Waals surface area contributed by atoms with E-state index in [0.29, 0.717) is 18.5 Å². The number of fused-ring (bicyclic) bond motifs is 1. The molecule has 3 N–H and O–H groups in total. The number of nitrogens with zero attached hydrogens (tertiary/aromatic N) is 2. The van der Waals surface area contributed by atoms with Crippen LogP contribution in [0.3, 0.4) is 0 Å². The highest BCUT2D eigenvalue weighted by molar-refractivity contribution is 6.04. The van der Waals surface area contributed by atoms with E-state index in [1.54, 1.807) is 6.20 Å². The van der Waals surface area contributed by atoms with Gasteiger partial charge in [0.05, 0.1) is 23.4 Å². The average molecular weight is 322 g/mol. The number of carbonyl (C=O) groups excluding carboxylic acids is 1. The van der Waals surface area contributed by atoms with Crippen molar-refractivity contribution in [1.29, 1.82) is 0 Å². The first-order valence-electron chi connectivity index (χ1n) is 8.05. The topological polar surface area (TPSA) is 90.9 Å². The number of para-hydroxylation sites is 1. The lowest BCUT2D eigenvalue weighted by molar-refractivity contribution is 0.0228. The van der Waals surface area contributed by atoms with E-state index in [0.717, 1.165) is 16.6 Å². The minimum absolute atomic E-state index is 0.184. The number of H-pyrrole nitrogens is 1. The Kier molecular flexibility index (Phi) is 3.74. The largest absolute Gasteiger partial charge is 0.393 e. The molecule has 0 spiro atoms. The number of pyridine rings is 1. The van der Waals surface area contributed by atoms with E-state index >= 15 is 0 Å². The summed E-state index contributed by atoms with van der Waals surface area (Å²) in [6.07, 6.45) is 2.77. The number of aromatic nitrogens is 3. The van der Waals surface area contributed by atoms with Gasteiger partial charge in [-0.05, 0) is 37.0 Å². The number of amides is 1. The lowest BCUT2D eigenvalue weighted by atomic mass is 9.76. The number of benzene rings is 1. The first-order chi connectivity index (χ1) is 11.7. The van der Waals surface area contributed by atoms with Crippen LogP contribution in [-0.4, -0.2) is 32.3 Å². The second-order valence-corrected chi connectivity index (χ2v) is 6.21. The van der Waals surface area contributed by atoms with Crippen molar-refractivity contribution in [2.24, 2.45) is 5.92 Å². The van der Waals surface area contributed by atoms with Crippen LogP contribution < -0.4 is 5.32 Å². The monoisotopic (exact) mass is 322 g/mol. The van der Waals surface area contributed by atoms with Crippen molar-refractivity contribution < 1.29 is 9.90 Å². The van der Waals surface area contributed by atoms with Gasteiger partial charge in [-0.2, -0.15) is 5.10 Å². The minimum atomic E-state index is -0.288. The van der Waals surface area contributed by atoms with Crippen LogP contribution in [0.5, 0.6) is 0 Å². The summed E-state index contributed by atoms with van der Waals surface area (Å²) in [4.78, 5) is 17.1. The Balaban J connectivity index is 1.61. The number of carbonyl (C=O) groups is 1. The van der Waals surface area contributed by atoms with E-state index in [4.69, 9.17) is 0 Å². The van der Waals surface area contributed by atoms with Crippen LogP contribution >= 0.6 is 0 Å². The maximum atomic E-state index is 12.7. The smallest absolute Gasteiger partial charge is 0.272 e. The molecule has 1 unspecified atom stereocenters. The van der Waals surface area contributed by atoms with Gasteiger partial charge in [0.15, 0.2) is 5.69 Å². The molecule has 6 heteroatoms. The number of hydrogen-bond donors (Lipinski definition) is 3. The van der Waals surface area contributed by atoms with Crippen LogP contribution in [0.15, 0.2) is 48.7 Å². The summed E-state index contributed by atoms with van der Waals surface area (Å²) in [6.45, 7) is 0. The molecule has 1 aliphatic carbocycles. The Bertz CT molecular complexity index is 856. The summed E-state index contributed by atoms with van der Waals surface area (Å²) >= 11 is 0. The predicted octanol–water partition coefficient (Wildman–Crippen LogP) is 2.20. The SMILES string of the molecule is O=C(NC(c1ccccn1)C1CC(O)C1)c1n[nH]c2ccccc12. The van der Waals surface area contributed by atoms with Crippen LogP contribution in [0.25, 0.3) is 10.9 Å². The maximum Gasteiger partial charge on any atom is 0.272 e. The van der Waals surface area contributed by atoms with Crippen LogP contribution in [0, 0.1) is 5.92 Å². The van der Waals surface area contributed by atoms with Crippen molar-refractivity contribution in [2.75, 3.05) is 0 Å². The van der Waals surface area contributed by atoms with Gasteiger partial charge in [0.2, 0.25) is 0 Å². The molecule has 6 nitrogen and oxygen atoms in total. The fourth-order valence-corrected chi connectivity index (χ4v) is 3.24. The zero-order valence-electron chi connectivity index (χ0n) is 13.0. The van der Waals surface area contributed by atoms with Gasteiger partial charge in [0.25, 0.3) is 5.91 Å². The van der Waals surface area contributed by atoms with E-state index in [-0.39, 0.29) is 24.0 Å². The quantitative estimate of drug-likeness (QED) is 0.687. The number of aromatic amines is 1. The fourth-order valence-electron chi connectivity index (χ4n) is 3.24. The molecule has 0 aliphatic heterocycles. The molecule has 4 rings (SSSR count). The number of nitrogens with one attached hydrogen (secondary N) is 2. The standard InChI is InChI=1S/C18H18N4O2/c23-12-9-11(10-12)16(15-7-3-4-8-19-15)20-18(24)17-13-5-1-2-6-14(13)21-22-17/h1-8,11-12,16,23H,9-10H2,(H,20,24)(H,21,22). The summed E-state index contributed by atoms with van der Waals surface area (Å²) in [7, 11) is 0. The Labute approximate surface area is 138 Å². The Morgan fingerprint density at radius 3 is 2.75 bits per heavy atom. The zero-order chi connectivity index (χ0) is 16.5. The fraction of sp³-hybridized carbons (Fsp3) is 0.278. The van der Waals surface area contributed by atoms with Crippen LogP contribution in [0.4, 0.5) is 0 Å². The van der Waals surface area contributed by atoms with Gasteiger partial charge >= 0.3 is 0 Å². The Morgan fingerprint density at radius 1 is 1.21 bits per heavy atom. The van der Waals surface area contributed by atoms with Gasteiger partial charge in [-0.15, -0.1) is 0 Å². The molecule has 1 amide bonds. The number of hydrogen-bond acceptors (Lipinski definition) is 4. The summed E-state index contributed by atoms with van der Waals surface area (Å²) in [5, 5.41) is 20.5. The highest BCUT2D eigenvalue weighted by Gasteiger charge is 2.36. The molecule has 0 saturated heterocycles. The molecule has 2 aromatic heterocycles. The zero-order valence-corrected chi connectivity index (χ0v) is 13.0. The summed E-state index contributed by atoms with van der Waals surface area (Å²) in [5.74, 6) is -0.0476. The van der Waals surface area contributed by atoms with Crippen LogP contribution in [0.2, 0.25) is 0 Å². The lowest BCUT2D eigenvalue weighted by Gasteiger charge is -2.37. The highest BCUT2D eigenvalue weighted by Crippen LogP contribution is 2.37. The predicted molar refractivity (Wildman–Crippen MR) is 89.3 cm³/mol. The van der Waals surface area contributed by atoms with Crippen LogP contribution in [-0.2, 0) is 0 Å². The van der Waals surface area contributed by atoms with Gasteiger partial charge in [-0.1, -0.05) is 24.3 Å². The van der Waals surface area contributed by atoms with Gasteiger partial charge in [0, 0.05) is 11.6 Å². The molecular formula is C18H18N4O2. The molecule has 1 fully saturated rings. The van der Waals surface area contributed by atoms with Gasteiger partial charge in [0.1, 0.15) is 0 Å². The number of aliphatic hydroxyl groups is 1. The van der Waals surface area contributed by atoms with Gasteiger partial charge in [-0.25, -0.2) is 0 Å². The van der Waals surface area contributed by atoms with Crippen molar-refractivity contribution in [2.45, 2.75) is 25.0 Å². The van der Waals surface area contributed by atoms with Crippen LogP contribution in [0.1, 0.15) is 35.1 Å². The van der Waals surface area contributed by atoms with Crippen molar-refractivity contribution in [1.82, 2.24) is 20.5 Å². The van der Waals surface area contributed by atoms with Crippen molar-refractivity contribution >= 4 is 16.8 Å². The number of rotatable bonds is 4. The van der Waals surface area contributed by atoms with Gasteiger partial charge in [-0.3, -0.25) is 14.9 Å². The van der Waals surface area contributed by atoms with E-state index in [2.05, 4.69) is 20.5 Å². The summed E-state index contributed by atoms with van der Waals surface area (Å²) in [6, 6.07) is 13.0. The minimum Gasteiger partial charge on any atom is -0.393 e. The lowest BCUT2D eigenvalue weighted by Crippen LogP contribution is -2.41. The molecule has 1 atom stereocenters. The molecule has 1 aliphatic rings. The second kappa shape index (κ2) is 6.05. The maximum absolute atomic E-state index is 12.7. The molecule has 0 bridgehead atoms. The Hall–Kier alpha value is -2.73. The second-order valence-electron chi connectivity index (χ2n) is 6.21. The molecular weight excluding hydrogens is 304 g/mol. The van der Waals surface area contributed by atoms with Gasteiger partial charge < -0.3 is 10.4 Å². The summed E-state index contributed by atoms with van der Waals surface area (Å²) in [5.41, 5.74) is 2.02. The van der Waals surface area contributed by atoms with E-state index in [9.17, 15) is 9.90 Å². The van der Waals surface area contributed by atoms with E-state index < -0.39 is 0 Å². The van der Waals surface area contributed by atoms with E-state index in [1.165, 1.54) is 0 Å². The molecule has 3 aromatic rings. The van der Waals surface area contributed by atoms with Crippen molar-refractivity contribution in [3.8, 4) is 0 Å². The van der Waals surface area contributed by atoms with Crippen molar-refractivity contribution in [3.05, 3.63) is 60.0 Å². The molecule has 1 aromatic carbocycles. The molecule has 1 saturated carbocycles. The third-order valence-electron chi connectivity index (χ3n) is 4.60. The normalized spacial score (nSPS) is 21.2. The Morgan fingerprint density at radius 2 is 2.00 bits per heavy atom. The number of aliphatic hydroxyl groups excluding tert-OH is 1. The third kappa shape index (κ3) is 2.65. The summed E-state index contributed by atoms with van der Waals surface area (Å²) < 4.78 is 0. The third-order valence-corrected chi connectivity index (χ3v) is 4.60. The molecule has 122 valence electrons. The molecule has 24 heavy (non-hydrogen) atoms. The van der Waals surface area contributed by atoms with E-state index in [1.807, 2.05) is 42.5 Å². The molecule has 2 heterocycles. The average Bonchev–Trinajstić information content (AvgIpc) is 3.02. The highest BCUT2D eigenvalue weighted by atomic mass is 16.3. The first kappa shape index (κ1) is 14.8. The van der Waals surface area contributed by atoms with Crippen molar-refractivity contribution in [3.63, 3.8) is 0 Å².